The van der Waals surface area contributed by atoms with Gasteiger partial charge in [0.25, 0.3) is 0 Å². The highest BCUT2D eigenvalue weighted by atomic mass is 35.5. The molecule has 0 aromatic carbocycles. The van der Waals surface area contributed by atoms with Crippen LogP contribution in [0.1, 0.15) is 19.8 Å². The van der Waals surface area contributed by atoms with E-state index in [1.54, 1.807) is 7.05 Å². The Morgan fingerprint density at radius 1 is 1.36 bits per heavy atom. The summed E-state index contributed by atoms with van der Waals surface area (Å²) in [5, 5.41) is 2.99. The van der Waals surface area contributed by atoms with Crippen LogP contribution in [0.4, 0.5) is 0 Å². The number of rotatable bonds is 3. The molecule has 0 saturated carbocycles. The van der Waals surface area contributed by atoms with Crippen molar-refractivity contribution in [3.8, 4) is 0 Å². The van der Waals surface area contributed by atoms with E-state index in [1.165, 1.54) is 4.31 Å². The average Bonchev–Trinajstić information content (AvgIpc) is 2.18. The van der Waals surface area contributed by atoms with Gasteiger partial charge in [-0.2, -0.15) is 0 Å². The van der Waals surface area contributed by atoms with Crippen molar-refractivity contribution in [3.05, 3.63) is 0 Å². The second-order valence-electron chi connectivity index (χ2n) is 3.41. The molecule has 0 spiro atoms. The molecule has 1 fully saturated rings. The lowest BCUT2D eigenvalue weighted by atomic mass is 10.2. The molecular formula is C8H19ClN2O2S. The topological polar surface area (TPSA) is 49.4 Å². The summed E-state index contributed by atoms with van der Waals surface area (Å²) in [6, 6.07) is 0. The van der Waals surface area contributed by atoms with E-state index >= 15 is 0 Å². The minimum absolute atomic E-state index is 0. The van der Waals surface area contributed by atoms with Crippen LogP contribution in [0.2, 0.25) is 0 Å². The molecule has 1 rings (SSSR count). The predicted octanol–water partition coefficient (Wildman–Crippen LogP) is 0.442. The van der Waals surface area contributed by atoms with Gasteiger partial charge in [0.05, 0.1) is 5.25 Å². The third-order valence-corrected chi connectivity index (χ3v) is 5.03. The summed E-state index contributed by atoms with van der Waals surface area (Å²) < 4.78 is 25.1. The number of halogens is 1. The van der Waals surface area contributed by atoms with Crippen molar-refractivity contribution in [3.63, 3.8) is 0 Å². The first-order valence-electron chi connectivity index (χ1n) is 4.75. The van der Waals surface area contributed by atoms with Gasteiger partial charge in [0.15, 0.2) is 0 Å². The molecule has 86 valence electrons. The number of piperidine rings is 1. The lowest BCUT2D eigenvalue weighted by Crippen LogP contribution is -2.42. The molecule has 1 heterocycles. The van der Waals surface area contributed by atoms with Crippen LogP contribution in [0.25, 0.3) is 0 Å². The first kappa shape index (κ1) is 14.2. The molecule has 0 bridgehead atoms. The lowest BCUT2D eigenvalue weighted by molar-refractivity contribution is 0.440. The largest absolute Gasteiger partial charge is 0.317 e. The molecule has 0 amide bonds. The Labute approximate surface area is 92.5 Å². The van der Waals surface area contributed by atoms with E-state index in [0.717, 1.165) is 25.9 Å². The number of hydrogen-bond donors (Lipinski definition) is 1. The van der Waals surface area contributed by atoms with Crippen molar-refractivity contribution in [1.82, 2.24) is 9.62 Å². The van der Waals surface area contributed by atoms with E-state index in [9.17, 15) is 8.42 Å². The summed E-state index contributed by atoms with van der Waals surface area (Å²) in [7, 11) is -1.37. The van der Waals surface area contributed by atoms with Gasteiger partial charge >= 0.3 is 0 Å². The van der Waals surface area contributed by atoms with Gasteiger partial charge in [-0.25, -0.2) is 12.7 Å². The molecule has 1 aliphatic rings. The molecule has 6 heteroatoms. The molecular weight excluding hydrogens is 224 g/mol. The molecule has 14 heavy (non-hydrogen) atoms. The van der Waals surface area contributed by atoms with E-state index in [4.69, 9.17) is 0 Å². The Kier molecular flexibility index (Phi) is 5.97. The van der Waals surface area contributed by atoms with E-state index in [0.29, 0.717) is 6.54 Å². The zero-order valence-corrected chi connectivity index (χ0v) is 10.3. The van der Waals surface area contributed by atoms with Crippen LogP contribution in [0.3, 0.4) is 0 Å². The Hall–Kier alpha value is 0.160. The van der Waals surface area contributed by atoms with Gasteiger partial charge in [0.1, 0.15) is 0 Å². The quantitative estimate of drug-likeness (QED) is 0.782. The van der Waals surface area contributed by atoms with Crippen molar-refractivity contribution in [2.24, 2.45) is 0 Å². The molecule has 4 nitrogen and oxygen atoms in total. The molecule has 0 aliphatic carbocycles. The van der Waals surface area contributed by atoms with Crippen LogP contribution in [0.15, 0.2) is 0 Å². The minimum atomic E-state index is -3.02. The zero-order valence-electron chi connectivity index (χ0n) is 8.69. The fraction of sp³-hybridized carbons (Fsp3) is 1.00. The van der Waals surface area contributed by atoms with Crippen LogP contribution in [-0.2, 0) is 10.0 Å². The maximum atomic E-state index is 11.8. The summed E-state index contributed by atoms with van der Waals surface area (Å²) in [5.74, 6) is 0. The molecule has 0 aromatic heterocycles. The average molecular weight is 243 g/mol. The Balaban J connectivity index is 0.00000169. The van der Waals surface area contributed by atoms with Crippen LogP contribution >= 0.6 is 12.4 Å². The van der Waals surface area contributed by atoms with Crippen LogP contribution in [-0.4, -0.2) is 44.7 Å². The van der Waals surface area contributed by atoms with Crippen molar-refractivity contribution < 1.29 is 8.42 Å². The number of hydrogen-bond acceptors (Lipinski definition) is 3. The third-order valence-electron chi connectivity index (χ3n) is 2.59. The van der Waals surface area contributed by atoms with E-state index in [-0.39, 0.29) is 17.7 Å². The van der Waals surface area contributed by atoms with Gasteiger partial charge in [-0.05, 0) is 25.9 Å². The first-order chi connectivity index (χ1) is 6.09. The van der Waals surface area contributed by atoms with Gasteiger partial charge in [-0.15, -0.1) is 12.4 Å². The van der Waals surface area contributed by atoms with Gasteiger partial charge in [-0.3, -0.25) is 0 Å². The highest BCUT2D eigenvalue weighted by Crippen LogP contribution is 2.16. The van der Waals surface area contributed by atoms with Crippen LogP contribution < -0.4 is 5.32 Å². The number of nitrogens with zero attached hydrogens (tertiary/aromatic N) is 1. The molecule has 0 atom stereocenters. The smallest absolute Gasteiger partial charge is 0.216 e. The van der Waals surface area contributed by atoms with Gasteiger partial charge in [0.2, 0.25) is 10.0 Å². The van der Waals surface area contributed by atoms with Crippen LogP contribution in [0, 0.1) is 0 Å². The first-order valence-corrected chi connectivity index (χ1v) is 6.25. The van der Waals surface area contributed by atoms with Crippen molar-refractivity contribution in [2.75, 3.05) is 26.7 Å². The molecule has 1 saturated heterocycles. The lowest BCUT2D eigenvalue weighted by Gasteiger charge is -2.26. The fourth-order valence-corrected chi connectivity index (χ4v) is 3.23. The molecule has 1 N–H and O–H groups in total. The SMILES string of the molecule is CCN(C)S(=O)(=O)C1CCNCC1.Cl. The van der Waals surface area contributed by atoms with Crippen LogP contribution in [0.5, 0.6) is 0 Å². The maximum Gasteiger partial charge on any atom is 0.216 e. The van der Waals surface area contributed by atoms with E-state index in [2.05, 4.69) is 5.32 Å². The number of sulfonamides is 1. The molecule has 0 radical (unpaired) electrons. The fourth-order valence-electron chi connectivity index (χ4n) is 1.53. The van der Waals surface area contributed by atoms with Crippen molar-refractivity contribution >= 4 is 22.4 Å². The van der Waals surface area contributed by atoms with Gasteiger partial charge in [0, 0.05) is 13.6 Å². The van der Waals surface area contributed by atoms with E-state index < -0.39 is 10.0 Å². The Bertz CT molecular complexity index is 250. The molecule has 1 aliphatic heterocycles. The summed E-state index contributed by atoms with van der Waals surface area (Å²) >= 11 is 0. The summed E-state index contributed by atoms with van der Waals surface area (Å²) in [6.07, 6.45) is 1.49. The Morgan fingerprint density at radius 2 is 1.86 bits per heavy atom. The highest BCUT2D eigenvalue weighted by molar-refractivity contribution is 7.89. The maximum absolute atomic E-state index is 11.8. The molecule has 0 aromatic rings. The second-order valence-corrected chi connectivity index (χ2v) is 5.73. The standard InChI is InChI=1S/C8H18N2O2S.ClH/c1-3-10(2)13(11,12)8-4-6-9-7-5-8;/h8-9H,3-7H2,1-2H3;1H. The summed E-state index contributed by atoms with van der Waals surface area (Å²) in [5.41, 5.74) is 0. The third kappa shape index (κ3) is 3.08. The highest BCUT2D eigenvalue weighted by Gasteiger charge is 2.29. The predicted molar refractivity (Wildman–Crippen MR) is 60.4 cm³/mol. The zero-order chi connectivity index (χ0) is 9.90. The van der Waals surface area contributed by atoms with Gasteiger partial charge in [-0.1, -0.05) is 6.92 Å². The Morgan fingerprint density at radius 3 is 2.29 bits per heavy atom. The normalized spacial score (nSPS) is 19.4. The van der Waals surface area contributed by atoms with Gasteiger partial charge < -0.3 is 5.32 Å². The monoisotopic (exact) mass is 242 g/mol. The van der Waals surface area contributed by atoms with Crippen molar-refractivity contribution in [1.29, 1.82) is 0 Å². The summed E-state index contributed by atoms with van der Waals surface area (Å²) in [6.45, 7) is 4.06. The summed E-state index contributed by atoms with van der Waals surface area (Å²) in [4.78, 5) is 0. The molecule has 0 unspecified atom stereocenters. The van der Waals surface area contributed by atoms with E-state index in [1.807, 2.05) is 6.92 Å². The van der Waals surface area contributed by atoms with Crippen molar-refractivity contribution in [2.45, 2.75) is 25.0 Å². The second kappa shape index (κ2) is 5.90. The number of nitrogens with one attached hydrogen (secondary N) is 1. The minimum Gasteiger partial charge on any atom is -0.317 e.